The van der Waals surface area contributed by atoms with Crippen molar-refractivity contribution in [2.75, 3.05) is 6.54 Å². The van der Waals surface area contributed by atoms with E-state index in [-0.39, 0.29) is 17.9 Å². The third-order valence-electron chi connectivity index (χ3n) is 5.93. The van der Waals surface area contributed by atoms with Crippen molar-refractivity contribution >= 4 is 11.8 Å². The molecule has 1 atom stereocenters. The zero-order valence-electron chi connectivity index (χ0n) is 17.0. The molecule has 1 saturated carbocycles. The molecule has 1 aliphatic heterocycles. The van der Waals surface area contributed by atoms with E-state index in [1.807, 2.05) is 23.1 Å². The van der Waals surface area contributed by atoms with Crippen LogP contribution in [0.5, 0.6) is 0 Å². The van der Waals surface area contributed by atoms with Crippen molar-refractivity contribution in [2.45, 2.75) is 70.5 Å². The summed E-state index contributed by atoms with van der Waals surface area (Å²) in [6, 6.07) is 8.61. The number of aryl methyl sites for hydroxylation is 2. The number of hydrogen-bond donors (Lipinski definition) is 1. The summed E-state index contributed by atoms with van der Waals surface area (Å²) >= 11 is 0. The highest BCUT2D eigenvalue weighted by Gasteiger charge is 2.27. The monoisotopic (exact) mass is 395 g/mol. The van der Waals surface area contributed by atoms with Crippen molar-refractivity contribution in [1.82, 2.24) is 25.2 Å². The normalized spacial score (nSPS) is 19.2. The molecule has 1 N–H and O–H groups in total. The van der Waals surface area contributed by atoms with Crippen molar-refractivity contribution in [3.8, 4) is 0 Å². The molecule has 154 valence electrons. The Balaban J connectivity index is 1.34. The molecule has 1 aliphatic carbocycles. The van der Waals surface area contributed by atoms with Crippen molar-refractivity contribution in [3.05, 3.63) is 47.3 Å². The number of amides is 2. The van der Waals surface area contributed by atoms with Gasteiger partial charge >= 0.3 is 0 Å². The summed E-state index contributed by atoms with van der Waals surface area (Å²) in [6.45, 7) is 3.53. The van der Waals surface area contributed by atoms with E-state index in [1.165, 1.54) is 0 Å². The first kappa shape index (κ1) is 19.6. The van der Waals surface area contributed by atoms with Crippen LogP contribution in [0.25, 0.3) is 0 Å². The minimum absolute atomic E-state index is 0.147. The van der Waals surface area contributed by atoms with Gasteiger partial charge in [0.15, 0.2) is 5.69 Å². The van der Waals surface area contributed by atoms with Gasteiger partial charge in [-0.3, -0.25) is 14.3 Å². The van der Waals surface area contributed by atoms with Gasteiger partial charge in [-0.2, -0.15) is 0 Å². The Labute approximate surface area is 171 Å². The minimum Gasteiger partial charge on any atom is -0.348 e. The summed E-state index contributed by atoms with van der Waals surface area (Å²) < 4.78 is 1.72. The number of piperidine rings is 1. The van der Waals surface area contributed by atoms with Gasteiger partial charge in [-0.1, -0.05) is 29.5 Å². The first-order chi connectivity index (χ1) is 14.1. The molecular formula is C22H29N5O2. The van der Waals surface area contributed by atoms with Crippen molar-refractivity contribution in [3.63, 3.8) is 0 Å². The van der Waals surface area contributed by atoms with Crippen molar-refractivity contribution in [2.24, 2.45) is 0 Å². The van der Waals surface area contributed by atoms with Crippen LogP contribution in [0.15, 0.2) is 30.5 Å². The van der Waals surface area contributed by atoms with E-state index in [0.29, 0.717) is 24.7 Å². The Morgan fingerprint density at radius 2 is 2.00 bits per heavy atom. The number of carbonyl (C=O) groups is 2. The summed E-state index contributed by atoms with van der Waals surface area (Å²) in [5, 5.41) is 11.0. The molecule has 7 heteroatoms. The summed E-state index contributed by atoms with van der Waals surface area (Å²) in [6.07, 6.45) is 8.31. The Kier molecular flexibility index (Phi) is 5.92. The lowest BCUT2D eigenvalue weighted by atomic mass is 9.97. The van der Waals surface area contributed by atoms with Crippen LogP contribution in [-0.4, -0.2) is 50.3 Å². The maximum absolute atomic E-state index is 13.0. The van der Waals surface area contributed by atoms with Gasteiger partial charge in [0.05, 0.1) is 12.6 Å². The highest BCUT2D eigenvalue weighted by Crippen LogP contribution is 2.22. The Bertz CT molecular complexity index is 874. The van der Waals surface area contributed by atoms with Gasteiger partial charge in [0.1, 0.15) is 0 Å². The van der Waals surface area contributed by atoms with Gasteiger partial charge in [-0.05, 0) is 56.6 Å². The van der Waals surface area contributed by atoms with E-state index < -0.39 is 0 Å². The maximum atomic E-state index is 13.0. The molecule has 1 aromatic carbocycles. The molecule has 0 radical (unpaired) electrons. The van der Waals surface area contributed by atoms with Gasteiger partial charge in [-0.25, -0.2) is 0 Å². The molecule has 2 fully saturated rings. The van der Waals surface area contributed by atoms with Crippen LogP contribution in [0, 0.1) is 6.92 Å². The fraction of sp³-hybridized carbons (Fsp3) is 0.545. The zero-order chi connectivity index (χ0) is 20.2. The van der Waals surface area contributed by atoms with Crippen LogP contribution in [0.1, 0.15) is 60.1 Å². The summed E-state index contributed by atoms with van der Waals surface area (Å²) in [7, 11) is 0. The van der Waals surface area contributed by atoms with Gasteiger partial charge in [-0.15, -0.1) is 5.10 Å². The van der Waals surface area contributed by atoms with E-state index in [2.05, 4.69) is 28.6 Å². The second kappa shape index (κ2) is 8.76. The van der Waals surface area contributed by atoms with Crippen molar-refractivity contribution < 1.29 is 9.59 Å². The van der Waals surface area contributed by atoms with Crippen LogP contribution in [0.4, 0.5) is 0 Å². The SMILES string of the molecule is Cc1ccccc1CC(=O)N1CCCCC1CCn1cc(C(=O)NC2CC2)nn1. The topological polar surface area (TPSA) is 80.1 Å². The number of nitrogens with one attached hydrogen (secondary N) is 1. The highest BCUT2D eigenvalue weighted by molar-refractivity contribution is 5.92. The number of nitrogens with zero attached hydrogens (tertiary/aromatic N) is 4. The Morgan fingerprint density at radius 3 is 2.79 bits per heavy atom. The lowest BCUT2D eigenvalue weighted by molar-refractivity contribution is -0.134. The quantitative estimate of drug-likeness (QED) is 0.781. The molecule has 4 rings (SSSR count). The maximum Gasteiger partial charge on any atom is 0.273 e. The average molecular weight is 396 g/mol. The summed E-state index contributed by atoms with van der Waals surface area (Å²) in [4.78, 5) is 27.1. The number of likely N-dealkylation sites (tertiary alicyclic amines) is 1. The summed E-state index contributed by atoms with van der Waals surface area (Å²) in [5.74, 6) is 0.0542. The average Bonchev–Trinajstić information content (AvgIpc) is 3.41. The standard InChI is InChI=1S/C22H29N5O2/c1-16-6-2-3-7-17(16)14-21(28)27-12-5-4-8-19(27)11-13-26-15-20(24-25-26)22(29)23-18-9-10-18/h2-3,6-7,15,18-19H,4-5,8-14H2,1H3,(H,23,29). The Hall–Kier alpha value is -2.70. The molecule has 2 amide bonds. The van der Waals surface area contributed by atoms with E-state index in [4.69, 9.17) is 0 Å². The molecule has 1 aromatic heterocycles. The highest BCUT2D eigenvalue weighted by atomic mass is 16.2. The molecule has 1 unspecified atom stereocenters. The smallest absolute Gasteiger partial charge is 0.273 e. The molecule has 1 saturated heterocycles. The first-order valence-corrected chi connectivity index (χ1v) is 10.6. The van der Waals surface area contributed by atoms with E-state index in [1.54, 1.807) is 10.9 Å². The van der Waals surface area contributed by atoms with E-state index >= 15 is 0 Å². The lowest BCUT2D eigenvalue weighted by Crippen LogP contribution is -2.45. The first-order valence-electron chi connectivity index (χ1n) is 10.6. The number of benzene rings is 1. The fourth-order valence-electron chi connectivity index (χ4n) is 3.98. The molecule has 29 heavy (non-hydrogen) atoms. The minimum atomic E-state index is -0.147. The molecule has 2 aromatic rings. The fourth-order valence-corrected chi connectivity index (χ4v) is 3.98. The number of aromatic nitrogens is 3. The van der Waals surface area contributed by atoms with Gasteiger partial charge in [0.25, 0.3) is 5.91 Å². The molecule has 7 nitrogen and oxygen atoms in total. The third-order valence-corrected chi connectivity index (χ3v) is 5.93. The zero-order valence-corrected chi connectivity index (χ0v) is 17.0. The van der Waals surface area contributed by atoms with Crippen LogP contribution in [0.3, 0.4) is 0 Å². The van der Waals surface area contributed by atoms with Crippen LogP contribution in [0.2, 0.25) is 0 Å². The predicted octanol–water partition coefficient (Wildman–Crippen LogP) is 2.49. The van der Waals surface area contributed by atoms with Gasteiger partial charge in [0, 0.05) is 25.2 Å². The third kappa shape index (κ3) is 5.02. The molecule has 2 aliphatic rings. The second-order valence-corrected chi connectivity index (χ2v) is 8.24. The van der Waals surface area contributed by atoms with Crippen molar-refractivity contribution in [1.29, 1.82) is 0 Å². The van der Waals surface area contributed by atoms with Gasteiger partial charge in [0.2, 0.25) is 5.91 Å². The summed E-state index contributed by atoms with van der Waals surface area (Å²) in [5.41, 5.74) is 2.63. The van der Waals surface area contributed by atoms with Gasteiger partial charge < -0.3 is 10.2 Å². The number of rotatable bonds is 7. The largest absolute Gasteiger partial charge is 0.348 e. The molecule has 0 spiro atoms. The van der Waals surface area contributed by atoms with Crippen LogP contribution >= 0.6 is 0 Å². The predicted molar refractivity (Wildman–Crippen MR) is 109 cm³/mol. The number of carbonyl (C=O) groups excluding carboxylic acids is 2. The van der Waals surface area contributed by atoms with Crippen LogP contribution < -0.4 is 5.32 Å². The molecule has 0 bridgehead atoms. The molecular weight excluding hydrogens is 366 g/mol. The lowest BCUT2D eigenvalue weighted by Gasteiger charge is -2.36. The van der Waals surface area contributed by atoms with E-state index in [0.717, 1.165) is 56.2 Å². The molecule has 2 heterocycles. The van der Waals surface area contributed by atoms with Crippen LogP contribution in [-0.2, 0) is 17.8 Å². The number of hydrogen-bond acceptors (Lipinski definition) is 4. The second-order valence-electron chi connectivity index (χ2n) is 8.24. The van der Waals surface area contributed by atoms with E-state index in [9.17, 15) is 9.59 Å². The Morgan fingerprint density at radius 1 is 1.17 bits per heavy atom.